The van der Waals surface area contributed by atoms with Crippen molar-refractivity contribution < 1.29 is 28.8 Å². The van der Waals surface area contributed by atoms with Crippen LogP contribution in [0.4, 0.5) is 0 Å². The molecule has 9 nitrogen and oxygen atoms in total. The molecule has 0 spiro atoms. The number of esters is 1. The van der Waals surface area contributed by atoms with Crippen LogP contribution in [0.15, 0.2) is 48.7 Å². The van der Waals surface area contributed by atoms with Gasteiger partial charge >= 0.3 is 5.97 Å². The van der Waals surface area contributed by atoms with E-state index in [1.807, 2.05) is 0 Å². The Hall–Kier alpha value is -4.01. The highest BCUT2D eigenvalue weighted by Crippen LogP contribution is 2.30. The minimum atomic E-state index is -1.17. The molecule has 148 valence electrons. The van der Waals surface area contributed by atoms with Crippen molar-refractivity contribution in [3.63, 3.8) is 0 Å². The largest absolute Gasteiger partial charge is 0.493 e. The Labute approximate surface area is 165 Å². The van der Waals surface area contributed by atoms with Crippen LogP contribution in [0.25, 0.3) is 6.08 Å². The van der Waals surface area contributed by atoms with Crippen molar-refractivity contribution in [2.75, 3.05) is 7.11 Å². The van der Waals surface area contributed by atoms with Crippen LogP contribution in [0.5, 0.6) is 11.5 Å². The number of methoxy groups -OCH3 is 1. The molecule has 1 aliphatic rings. The zero-order valence-corrected chi connectivity index (χ0v) is 15.5. The van der Waals surface area contributed by atoms with Crippen LogP contribution >= 0.6 is 0 Å². The molecule has 1 atom stereocenters. The molecule has 2 amide bonds. The van der Waals surface area contributed by atoms with E-state index in [1.165, 1.54) is 50.4 Å². The van der Waals surface area contributed by atoms with Gasteiger partial charge in [0.1, 0.15) is 6.04 Å². The number of nitrogens with zero attached hydrogens (tertiary/aromatic N) is 2. The van der Waals surface area contributed by atoms with Crippen molar-refractivity contribution >= 4 is 23.9 Å². The maximum atomic E-state index is 12.6. The topological polar surface area (TPSA) is 116 Å². The SMILES string of the molecule is COc1cc(C=C[N+](=O)[O-])ccc1OC(=O)C(C)N1C(=O)c2ccccc2C1=O. The lowest BCUT2D eigenvalue weighted by molar-refractivity contribution is -0.400. The van der Waals surface area contributed by atoms with E-state index in [1.54, 1.807) is 12.1 Å². The highest BCUT2D eigenvalue weighted by molar-refractivity contribution is 6.22. The maximum Gasteiger partial charge on any atom is 0.334 e. The summed E-state index contributed by atoms with van der Waals surface area (Å²) in [4.78, 5) is 48.3. The van der Waals surface area contributed by atoms with Gasteiger partial charge in [-0.1, -0.05) is 18.2 Å². The molecule has 1 heterocycles. The molecule has 0 aliphatic carbocycles. The van der Waals surface area contributed by atoms with Gasteiger partial charge in [-0.2, -0.15) is 0 Å². The first-order valence-corrected chi connectivity index (χ1v) is 8.52. The van der Waals surface area contributed by atoms with Gasteiger partial charge in [-0.15, -0.1) is 0 Å². The van der Waals surface area contributed by atoms with Gasteiger partial charge < -0.3 is 9.47 Å². The molecule has 3 rings (SSSR count). The number of carbonyl (C=O) groups excluding carboxylic acids is 3. The number of benzene rings is 2. The molecular weight excluding hydrogens is 380 g/mol. The second-order valence-corrected chi connectivity index (χ2v) is 6.13. The van der Waals surface area contributed by atoms with E-state index in [0.717, 1.165) is 11.1 Å². The van der Waals surface area contributed by atoms with Gasteiger partial charge in [0.15, 0.2) is 11.5 Å². The summed E-state index contributed by atoms with van der Waals surface area (Å²) in [5.74, 6) is -1.74. The lowest BCUT2D eigenvalue weighted by Crippen LogP contribution is -2.44. The molecule has 0 N–H and O–H groups in total. The normalized spacial score (nSPS) is 14.1. The third-order valence-corrected chi connectivity index (χ3v) is 4.34. The van der Waals surface area contributed by atoms with Gasteiger partial charge in [0.25, 0.3) is 11.8 Å². The van der Waals surface area contributed by atoms with E-state index >= 15 is 0 Å². The standard InChI is InChI=1S/C20H16N2O7/c1-12(22-18(23)14-5-3-4-6-15(14)19(22)24)20(25)29-16-8-7-13(9-10-21(26)27)11-17(16)28-2/h3-12H,1-2H3. The Morgan fingerprint density at radius 3 is 2.28 bits per heavy atom. The Morgan fingerprint density at radius 2 is 1.72 bits per heavy atom. The average molecular weight is 396 g/mol. The van der Waals surface area contributed by atoms with E-state index in [9.17, 15) is 24.5 Å². The fraction of sp³-hybridized carbons (Fsp3) is 0.150. The van der Waals surface area contributed by atoms with Gasteiger partial charge in [-0.05, 0) is 36.8 Å². The summed E-state index contributed by atoms with van der Waals surface area (Å²) >= 11 is 0. The molecule has 0 bridgehead atoms. The number of nitro groups is 1. The van der Waals surface area contributed by atoms with E-state index in [-0.39, 0.29) is 22.6 Å². The molecule has 1 aliphatic heterocycles. The molecular formula is C20H16N2O7. The predicted molar refractivity (Wildman–Crippen MR) is 101 cm³/mol. The summed E-state index contributed by atoms with van der Waals surface area (Å²) in [7, 11) is 1.35. The smallest absolute Gasteiger partial charge is 0.334 e. The molecule has 29 heavy (non-hydrogen) atoms. The Balaban J connectivity index is 1.79. The fourth-order valence-electron chi connectivity index (χ4n) is 2.88. The molecule has 0 radical (unpaired) electrons. The summed E-state index contributed by atoms with van der Waals surface area (Å²) < 4.78 is 10.5. The summed E-state index contributed by atoms with van der Waals surface area (Å²) in [5.41, 5.74) is 0.931. The van der Waals surface area contributed by atoms with Crippen molar-refractivity contribution in [1.82, 2.24) is 4.90 Å². The highest BCUT2D eigenvalue weighted by Gasteiger charge is 2.41. The maximum absolute atomic E-state index is 12.6. The van der Waals surface area contributed by atoms with Crippen molar-refractivity contribution in [3.8, 4) is 11.5 Å². The lowest BCUT2D eigenvalue weighted by Gasteiger charge is -2.21. The Bertz CT molecular complexity index is 1010. The lowest BCUT2D eigenvalue weighted by atomic mass is 10.1. The second kappa shape index (κ2) is 7.93. The monoisotopic (exact) mass is 396 g/mol. The number of amides is 2. The number of hydrogen-bond donors (Lipinski definition) is 0. The number of ether oxygens (including phenoxy) is 2. The highest BCUT2D eigenvalue weighted by atomic mass is 16.6. The molecule has 0 fully saturated rings. The molecule has 2 aromatic carbocycles. The molecule has 0 aromatic heterocycles. The third-order valence-electron chi connectivity index (χ3n) is 4.34. The number of rotatable bonds is 6. The number of hydrogen-bond acceptors (Lipinski definition) is 7. The van der Waals surface area contributed by atoms with Gasteiger partial charge in [0.2, 0.25) is 6.20 Å². The van der Waals surface area contributed by atoms with E-state index < -0.39 is 28.7 Å². The number of carbonyl (C=O) groups is 3. The van der Waals surface area contributed by atoms with Crippen LogP contribution in [-0.4, -0.2) is 40.8 Å². The number of fused-ring (bicyclic) bond motifs is 1. The van der Waals surface area contributed by atoms with Gasteiger partial charge in [0, 0.05) is 6.08 Å². The third kappa shape index (κ3) is 3.84. The minimum Gasteiger partial charge on any atom is -0.493 e. The predicted octanol–water partition coefficient (Wildman–Crippen LogP) is 2.53. The fourth-order valence-corrected chi connectivity index (χ4v) is 2.88. The van der Waals surface area contributed by atoms with Crippen LogP contribution < -0.4 is 9.47 Å². The average Bonchev–Trinajstić information content (AvgIpc) is 2.97. The van der Waals surface area contributed by atoms with Crippen molar-refractivity contribution in [2.45, 2.75) is 13.0 Å². The van der Waals surface area contributed by atoms with Crippen LogP contribution in [0, 0.1) is 10.1 Å². The molecule has 1 unspecified atom stereocenters. The Kier molecular flexibility index (Phi) is 5.40. The zero-order chi connectivity index (χ0) is 21.1. The van der Waals surface area contributed by atoms with Crippen molar-refractivity contribution in [2.24, 2.45) is 0 Å². The summed E-state index contributed by atoms with van der Waals surface area (Å²) in [6.07, 6.45) is 2.03. The molecule has 9 heteroatoms. The van der Waals surface area contributed by atoms with E-state index in [0.29, 0.717) is 5.56 Å². The molecule has 0 saturated carbocycles. The van der Waals surface area contributed by atoms with E-state index in [4.69, 9.17) is 9.47 Å². The van der Waals surface area contributed by atoms with Crippen LogP contribution in [0.3, 0.4) is 0 Å². The molecule has 0 saturated heterocycles. The molecule has 2 aromatic rings. The first-order chi connectivity index (χ1) is 13.8. The van der Waals surface area contributed by atoms with E-state index in [2.05, 4.69) is 0 Å². The zero-order valence-electron chi connectivity index (χ0n) is 15.5. The van der Waals surface area contributed by atoms with Crippen LogP contribution in [0.1, 0.15) is 33.2 Å². The summed E-state index contributed by atoms with van der Waals surface area (Å²) in [5, 5.41) is 10.4. The first kappa shape index (κ1) is 19.7. The van der Waals surface area contributed by atoms with Crippen LogP contribution in [0.2, 0.25) is 0 Å². The summed E-state index contributed by atoms with van der Waals surface area (Å²) in [6.45, 7) is 1.39. The second-order valence-electron chi connectivity index (χ2n) is 6.13. The van der Waals surface area contributed by atoms with Gasteiger partial charge in [-0.25, -0.2) is 4.79 Å². The van der Waals surface area contributed by atoms with Crippen molar-refractivity contribution in [1.29, 1.82) is 0 Å². The van der Waals surface area contributed by atoms with Crippen LogP contribution in [-0.2, 0) is 4.79 Å². The van der Waals surface area contributed by atoms with Crippen molar-refractivity contribution in [3.05, 3.63) is 75.5 Å². The minimum absolute atomic E-state index is 0.0548. The number of imide groups is 1. The summed E-state index contributed by atoms with van der Waals surface area (Å²) in [6, 6.07) is 9.51. The quantitative estimate of drug-likeness (QED) is 0.242. The Morgan fingerprint density at radius 1 is 1.10 bits per heavy atom. The van der Waals surface area contributed by atoms with Gasteiger partial charge in [0.05, 0.1) is 23.2 Å². The van der Waals surface area contributed by atoms with Gasteiger partial charge in [-0.3, -0.25) is 24.6 Å². The first-order valence-electron chi connectivity index (χ1n) is 8.52.